The molecule has 0 saturated heterocycles. The average molecular weight is 398 g/mol. The fourth-order valence-electron chi connectivity index (χ4n) is 3.30. The van der Waals surface area contributed by atoms with Crippen LogP contribution in [-0.4, -0.2) is 21.7 Å². The van der Waals surface area contributed by atoms with Gasteiger partial charge in [0.15, 0.2) is 0 Å². The monoisotopic (exact) mass is 397 g/mol. The van der Waals surface area contributed by atoms with Gasteiger partial charge >= 0.3 is 0 Å². The van der Waals surface area contributed by atoms with Gasteiger partial charge in [-0.25, -0.2) is 4.98 Å². The third kappa shape index (κ3) is 3.84. The first-order valence-corrected chi connectivity index (χ1v) is 10.6. The molecule has 2 aromatic heterocycles. The Morgan fingerprint density at radius 1 is 1.26 bits per heavy atom. The Morgan fingerprint density at radius 3 is 2.81 bits per heavy atom. The van der Waals surface area contributed by atoms with Crippen molar-refractivity contribution in [1.29, 1.82) is 0 Å². The zero-order chi connectivity index (χ0) is 18.8. The number of nitrogens with one attached hydrogen (secondary N) is 1. The molecule has 0 fully saturated rings. The lowest BCUT2D eigenvalue weighted by atomic mass is 9.97. The normalized spacial score (nSPS) is 14.3. The van der Waals surface area contributed by atoms with E-state index in [1.165, 1.54) is 4.88 Å². The van der Waals surface area contributed by atoms with Crippen molar-refractivity contribution in [2.75, 3.05) is 5.75 Å². The van der Waals surface area contributed by atoms with Crippen LogP contribution in [0.25, 0.3) is 21.2 Å². The average Bonchev–Trinajstić information content (AvgIpc) is 3.04. The number of aromatic amines is 1. The second-order valence-electron chi connectivity index (χ2n) is 6.39. The van der Waals surface area contributed by atoms with Crippen molar-refractivity contribution < 1.29 is 9.90 Å². The highest BCUT2D eigenvalue weighted by Gasteiger charge is 2.20. The van der Waals surface area contributed by atoms with Gasteiger partial charge in [-0.1, -0.05) is 30.3 Å². The van der Waals surface area contributed by atoms with Crippen molar-refractivity contribution in [2.45, 2.75) is 25.7 Å². The molecule has 27 heavy (non-hydrogen) atoms. The van der Waals surface area contributed by atoms with E-state index in [0.717, 1.165) is 53.4 Å². The summed E-state index contributed by atoms with van der Waals surface area (Å²) in [5.41, 5.74) is 1.89. The number of carboxylic acid groups (broad SMARTS) is 1. The number of hydrogen-bond acceptors (Lipinski definition) is 6. The van der Waals surface area contributed by atoms with Crippen LogP contribution in [0.4, 0.5) is 0 Å². The summed E-state index contributed by atoms with van der Waals surface area (Å²) in [5, 5.41) is 11.6. The summed E-state index contributed by atoms with van der Waals surface area (Å²) in [6.07, 6.45) is 6.00. The molecule has 0 spiro atoms. The fourth-order valence-corrected chi connectivity index (χ4v) is 5.28. The first-order valence-electron chi connectivity index (χ1n) is 8.76. The van der Waals surface area contributed by atoms with E-state index in [9.17, 15) is 14.7 Å². The van der Waals surface area contributed by atoms with Gasteiger partial charge in [0.2, 0.25) is 0 Å². The SMILES string of the molecule is O=C([O-])CS/C(=C\c1ccccc1)c1nc2sc3c(c2c(=O)[nH]1)CCCC3. The number of nitrogens with zero attached hydrogens (tertiary/aromatic N) is 1. The van der Waals surface area contributed by atoms with Crippen LogP contribution >= 0.6 is 23.1 Å². The summed E-state index contributed by atoms with van der Waals surface area (Å²) < 4.78 is 0. The van der Waals surface area contributed by atoms with E-state index in [-0.39, 0.29) is 11.3 Å². The van der Waals surface area contributed by atoms with Crippen molar-refractivity contribution >= 4 is 50.3 Å². The zero-order valence-electron chi connectivity index (χ0n) is 14.5. The molecule has 0 bridgehead atoms. The minimum absolute atomic E-state index is 0.151. The Bertz CT molecular complexity index is 1080. The molecule has 1 aromatic carbocycles. The molecular formula is C20H17N2O3S2-. The summed E-state index contributed by atoms with van der Waals surface area (Å²) in [4.78, 5) is 33.9. The largest absolute Gasteiger partial charge is 0.549 e. The van der Waals surface area contributed by atoms with Gasteiger partial charge in [-0.15, -0.1) is 23.1 Å². The van der Waals surface area contributed by atoms with Crippen LogP contribution in [0.1, 0.15) is 34.7 Å². The van der Waals surface area contributed by atoms with E-state index in [1.54, 1.807) is 11.3 Å². The van der Waals surface area contributed by atoms with Gasteiger partial charge in [0, 0.05) is 10.6 Å². The molecule has 1 aliphatic carbocycles. The molecule has 1 aliphatic rings. The molecule has 0 aliphatic heterocycles. The van der Waals surface area contributed by atoms with E-state index < -0.39 is 5.97 Å². The number of fused-ring (bicyclic) bond motifs is 3. The minimum atomic E-state index is -1.16. The van der Waals surface area contributed by atoms with Gasteiger partial charge in [0.25, 0.3) is 5.56 Å². The minimum Gasteiger partial charge on any atom is -0.549 e. The summed E-state index contributed by atoms with van der Waals surface area (Å²) >= 11 is 2.68. The number of hydrogen-bond donors (Lipinski definition) is 1. The van der Waals surface area contributed by atoms with Gasteiger partial charge in [-0.2, -0.15) is 0 Å². The zero-order valence-corrected chi connectivity index (χ0v) is 16.1. The summed E-state index contributed by atoms with van der Waals surface area (Å²) in [7, 11) is 0. The van der Waals surface area contributed by atoms with Gasteiger partial charge < -0.3 is 14.9 Å². The maximum Gasteiger partial charge on any atom is 0.260 e. The highest BCUT2D eigenvalue weighted by Crippen LogP contribution is 2.35. The van der Waals surface area contributed by atoms with Crippen molar-refractivity contribution in [3.8, 4) is 0 Å². The molecule has 0 atom stereocenters. The number of rotatable bonds is 5. The lowest BCUT2D eigenvalue weighted by Gasteiger charge is -2.10. The second-order valence-corrected chi connectivity index (χ2v) is 8.49. The second kappa shape index (κ2) is 7.70. The molecule has 1 N–H and O–H groups in total. The van der Waals surface area contributed by atoms with E-state index in [0.29, 0.717) is 16.1 Å². The Hall–Kier alpha value is -2.38. The maximum absolute atomic E-state index is 12.8. The quantitative estimate of drug-likeness (QED) is 0.715. The van der Waals surface area contributed by atoms with E-state index in [1.807, 2.05) is 36.4 Å². The number of aliphatic carboxylic acids is 1. The number of carboxylic acids is 1. The van der Waals surface area contributed by atoms with Crippen LogP contribution in [0, 0.1) is 0 Å². The van der Waals surface area contributed by atoms with Crippen molar-refractivity contribution in [3.05, 3.63) is 62.5 Å². The molecule has 0 saturated carbocycles. The van der Waals surface area contributed by atoms with Gasteiger partial charge in [0.1, 0.15) is 10.7 Å². The van der Waals surface area contributed by atoms with Crippen LogP contribution in [0.3, 0.4) is 0 Å². The number of thiophene rings is 1. The highest BCUT2D eigenvalue weighted by atomic mass is 32.2. The van der Waals surface area contributed by atoms with Crippen LogP contribution < -0.4 is 10.7 Å². The number of carbonyl (C=O) groups excluding carboxylic acids is 1. The number of H-pyrrole nitrogens is 1. The van der Waals surface area contributed by atoms with Crippen LogP contribution in [0.2, 0.25) is 0 Å². The van der Waals surface area contributed by atoms with Crippen LogP contribution in [0.5, 0.6) is 0 Å². The number of aryl methyl sites for hydroxylation is 2. The van der Waals surface area contributed by atoms with Crippen LogP contribution in [0.15, 0.2) is 35.1 Å². The molecule has 3 aromatic rings. The van der Waals surface area contributed by atoms with Crippen molar-refractivity contribution in [3.63, 3.8) is 0 Å². The standard InChI is InChI=1S/C20H18N2O3S2/c23-16(24)11-26-15(10-12-6-2-1-3-7-12)18-21-19(25)17-13-8-4-5-9-14(13)27-20(17)22-18/h1-3,6-7,10H,4-5,8-9,11H2,(H,23,24)(H,21,22,25)/p-1/b15-10-. The molecule has 5 nitrogen and oxygen atoms in total. The highest BCUT2D eigenvalue weighted by molar-refractivity contribution is 8.09. The number of thioether (sulfide) groups is 1. The predicted molar refractivity (Wildman–Crippen MR) is 109 cm³/mol. The first kappa shape index (κ1) is 18.0. The predicted octanol–water partition coefficient (Wildman–Crippen LogP) is 2.84. The Kier molecular flexibility index (Phi) is 5.13. The van der Waals surface area contributed by atoms with Gasteiger partial charge in [0.05, 0.1) is 16.3 Å². The van der Waals surface area contributed by atoms with Gasteiger partial charge in [-0.05, 0) is 42.9 Å². The molecule has 138 valence electrons. The smallest absolute Gasteiger partial charge is 0.260 e. The fraction of sp³-hybridized carbons (Fsp3) is 0.250. The molecule has 0 unspecified atom stereocenters. The third-order valence-corrected chi connectivity index (χ3v) is 6.69. The summed E-state index contributed by atoms with van der Waals surface area (Å²) in [5.74, 6) is -0.961. The molecular weight excluding hydrogens is 380 g/mol. The Morgan fingerprint density at radius 2 is 2.04 bits per heavy atom. The molecule has 2 heterocycles. The maximum atomic E-state index is 12.8. The number of benzene rings is 1. The molecule has 7 heteroatoms. The van der Waals surface area contributed by atoms with Gasteiger partial charge in [-0.3, -0.25) is 4.79 Å². The number of carbonyl (C=O) groups is 1. The number of aromatic nitrogens is 2. The van der Waals surface area contributed by atoms with Crippen LogP contribution in [-0.2, 0) is 17.6 Å². The summed E-state index contributed by atoms with van der Waals surface area (Å²) in [6, 6.07) is 9.55. The topological polar surface area (TPSA) is 85.9 Å². The third-order valence-electron chi connectivity index (χ3n) is 4.50. The molecule has 4 rings (SSSR count). The first-order chi connectivity index (χ1) is 13.1. The van der Waals surface area contributed by atoms with E-state index in [2.05, 4.69) is 9.97 Å². The van der Waals surface area contributed by atoms with Crippen molar-refractivity contribution in [2.24, 2.45) is 0 Å². The molecule has 0 radical (unpaired) electrons. The van der Waals surface area contributed by atoms with E-state index >= 15 is 0 Å². The summed E-state index contributed by atoms with van der Waals surface area (Å²) in [6.45, 7) is 0. The molecule has 0 amide bonds. The van der Waals surface area contributed by atoms with E-state index in [4.69, 9.17) is 0 Å². The Labute approximate surface area is 164 Å². The lowest BCUT2D eigenvalue weighted by molar-refractivity contribution is -0.301. The lowest BCUT2D eigenvalue weighted by Crippen LogP contribution is -2.24. The van der Waals surface area contributed by atoms with Crippen molar-refractivity contribution in [1.82, 2.24) is 9.97 Å². The Balaban J connectivity index is 1.82.